The number of nitrogens with one attached hydrogen (secondary N) is 1. The first-order chi connectivity index (χ1) is 9.90. The minimum Gasteiger partial charge on any atom is -0.496 e. The molecule has 0 fully saturated rings. The highest BCUT2D eigenvalue weighted by molar-refractivity contribution is 6.33. The monoisotopic (exact) mass is 350 g/mol. The van der Waals surface area contributed by atoms with Gasteiger partial charge in [-0.15, -0.1) is 12.4 Å². The van der Waals surface area contributed by atoms with Crippen molar-refractivity contribution in [2.24, 2.45) is 5.92 Å². The van der Waals surface area contributed by atoms with Crippen molar-refractivity contribution in [1.29, 1.82) is 0 Å². The van der Waals surface area contributed by atoms with Crippen molar-refractivity contribution in [2.75, 3.05) is 26.0 Å². The minimum atomic E-state index is -0.441. The molecular formula is C14H20Cl2N2O4. The van der Waals surface area contributed by atoms with Crippen LogP contribution in [-0.4, -0.2) is 32.1 Å². The van der Waals surface area contributed by atoms with Gasteiger partial charge in [0.1, 0.15) is 5.75 Å². The number of nitrogen functional groups attached to an aromatic ring is 1. The molecular weight excluding hydrogens is 331 g/mol. The van der Waals surface area contributed by atoms with Crippen molar-refractivity contribution in [2.45, 2.75) is 13.8 Å². The fourth-order valence-electron chi connectivity index (χ4n) is 1.62. The summed E-state index contributed by atoms with van der Waals surface area (Å²) in [6, 6.07) is 2.91. The average Bonchev–Trinajstić information content (AvgIpc) is 2.46. The predicted octanol–water partition coefficient (Wildman–Crippen LogP) is 2.28. The summed E-state index contributed by atoms with van der Waals surface area (Å²) in [6.07, 6.45) is 0. The molecule has 6 nitrogen and oxygen atoms in total. The average molecular weight is 351 g/mol. The van der Waals surface area contributed by atoms with E-state index in [4.69, 9.17) is 26.8 Å². The second kappa shape index (κ2) is 9.38. The van der Waals surface area contributed by atoms with E-state index >= 15 is 0 Å². The van der Waals surface area contributed by atoms with Crippen molar-refractivity contribution >= 4 is 41.6 Å². The molecule has 0 aliphatic rings. The maximum Gasteiger partial charge on any atom is 0.310 e. The summed E-state index contributed by atoms with van der Waals surface area (Å²) in [5.41, 5.74) is 6.24. The molecule has 22 heavy (non-hydrogen) atoms. The van der Waals surface area contributed by atoms with Crippen LogP contribution >= 0.6 is 24.0 Å². The first-order valence-corrected chi connectivity index (χ1v) is 6.86. The first kappa shape index (κ1) is 20.3. The van der Waals surface area contributed by atoms with Crippen molar-refractivity contribution < 1.29 is 19.1 Å². The third-order valence-electron chi connectivity index (χ3n) is 2.82. The van der Waals surface area contributed by atoms with Crippen LogP contribution in [0.5, 0.6) is 5.75 Å². The topological polar surface area (TPSA) is 90.7 Å². The molecule has 0 saturated carbocycles. The number of esters is 1. The number of hydrogen-bond acceptors (Lipinski definition) is 5. The van der Waals surface area contributed by atoms with E-state index in [9.17, 15) is 9.59 Å². The second-order valence-corrected chi connectivity index (χ2v) is 4.84. The molecule has 0 spiro atoms. The van der Waals surface area contributed by atoms with Crippen molar-refractivity contribution in [1.82, 2.24) is 5.32 Å². The van der Waals surface area contributed by atoms with Gasteiger partial charge >= 0.3 is 5.97 Å². The molecule has 1 aromatic carbocycles. The minimum absolute atomic E-state index is 0. The number of methoxy groups -OCH3 is 1. The number of anilines is 1. The number of rotatable bonds is 6. The van der Waals surface area contributed by atoms with Gasteiger partial charge in [-0.3, -0.25) is 9.59 Å². The molecule has 0 saturated heterocycles. The van der Waals surface area contributed by atoms with Crippen molar-refractivity contribution in [3.63, 3.8) is 0 Å². The molecule has 124 valence electrons. The summed E-state index contributed by atoms with van der Waals surface area (Å²) in [5, 5.41) is 2.90. The Morgan fingerprint density at radius 3 is 2.59 bits per heavy atom. The molecule has 1 rings (SSSR count). The summed E-state index contributed by atoms with van der Waals surface area (Å²) in [6.45, 7) is 3.86. The molecule has 0 aliphatic heterocycles. The summed E-state index contributed by atoms with van der Waals surface area (Å²) in [4.78, 5) is 23.6. The molecule has 0 aliphatic carbocycles. The standard InChI is InChI=1S/C14H19ClN2O4.ClH/c1-4-21-14(19)8(2)7-17-13(18)9-5-10(15)11(16)6-12(9)20-3;/h5-6,8H,4,7,16H2,1-3H3,(H,17,18);1H. The Balaban J connectivity index is 0.00000441. The van der Waals surface area contributed by atoms with Gasteiger partial charge in [-0.1, -0.05) is 18.5 Å². The van der Waals surface area contributed by atoms with Gasteiger partial charge in [0.25, 0.3) is 5.91 Å². The van der Waals surface area contributed by atoms with E-state index in [1.807, 2.05) is 0 Å². The molecule has 1 amide bonds. The van der Waals surface area contributed by atoms with Crippen molar-refractivity contribution in [3.05, 3.63) is 22.7 Å². The number of nitrogens with two attached hydrogens (primary N) is 1. The van der Waals surface area contributed by atoms with E-state index < -0.39 is 11.8 Å². The summed E-state index contributed by atoms with van der Waals surface area (Å²) < 4.78 is 9.97. The lowest BCUT2D eigenvalue weighted by Crippen LogP contribution is -2.32. The highest BCUT2D eigenvalue weighted by atomic mass is 35.5. The highest BCUT2D eigenvalue weighted by Crippen LogP contribution is 2.28. The fraction of sp³-hybridized carbons (Fsp3) is 0.429. The Hall–Kier alpha value is -1.66. The number of carbonyl (C=O) groups excluding carboxylic acids is 2. The summed E-state index contributed by atoms with van der Waals surface area (Å²) in [5.74, 6) is -0.882. The van der Waals surface area contributed by atoms with Crippen LogP contribution < -0.4 is 15.8 Å². The van der Waals surface area contributed by atoms with Crippen LogP contribution in [0, 0.1) is 5.92 Å². The zero-order chi connectivity index (χ0) is 16.0. The second-order valence-electron chi connectivity index (χ2n) is 4.44. The third-order valence-corrected chi connectivity index (χ3v) is 3.15. The zero-order valence-corrected chi connectivity index (χ0v) is 14.2. The van der Waals surface area contributed by atoms with Gasteiger partial charge in [-0.05, 0) is 13.0 Å². The van der Waals surface area contributed by atoms with Crippen LogP contribution in [0.15, 0.2) is 12.1 Å². The lowest BCUT2D eigenvalue weighted by Gasteiger charge is -2.14. The SMILES string of the molecule is CCOC(=O)C(C)CNC(=O)c1cc(Cl)c(N)cc1OC.Cl. The maximum absolute atomic E-state index is 12.1. The van der Waals surface area contributed by atoms with Crippen LogP contribution in [-0.2, 0) is 9.53 Å². The lowest BCUT2D eigenvalue weighted by atomic mass is 10.1. The van der Waals surface area contributed by atoms with Crippen LogP contribution in [0.1, 0.15) is 24.2 Å². The fourth-order valence-corrected chi connectivity index (χ4v) is 1.79. The number of carbonyl (C=O) groups is 2. The van der Waals surface area contributed by atoms with E-state index in [-0.39, 0.29) is 35.5 Å². The van der Waals surface area contributed by atoms with E-state index in [2.05, 4.69) is 5.32 Å². The zero-order valence-electron chi connectivity index (χ0n) is 12.6. The first-order valence-electron chi connectivity index (χ1n) is 6.48. The number of amides is 1. The Labute approximate surface area is 140 Å². The number of benzene rings is 1. The van der Waals surface area contributed by atoms with Crippen molar-refractivity contribution in [3.8, 4) is 5.75 Å². The van der Waals surface area contributed by atoms with Crippen LogP contribution in [0.2, 0.25) is 5.02 Å². The molecule has 1 atom stereocenters. The Bertz CT molecular complexity index is 538. The van der Waals surface area contributed by atoms with Crippen LogP contribution in [0.3, 0.4) is 0 Å². The van der Waals surface area contributed by atoms with Gasteiger partial charge in [0, 0.05) is 12.6 Å². The van der Waals surface area contributed by atoms with E-state index in [1.54, 1.807) is 13.8 Å². The number of ether oxygens (including phenoxy) is 2. The maximum atomic E-state index is 12.1. The predicted molar refractivity (Wildman–Crippen MR) is 87.8 cm³/mol. The number of halogens is 2. The quantitative estimate of drug-likeness (QED) is 0.606. The molecule has 3 N–H and O–H groups in total. The largest absolute Gasteiger partial charge is 0.496 e. The van der Waals surface area contributed by atoms with E-state index in [0.717, 1.165) is 0 Å². The summed E-state index contributed by atoms with van der Waals surface area (Å²) >= 11 is 5.91. The Morgan fingerprint density at radius 1 is 1.41 bits per heavy atom. The number of hydrogen-bond donors (Lipinski definition) is 2. The van der Waals surface area contributed by atoms with Gasteiger partial charge in [-0.2, -0.15) is 0 Å². The molecule has 0 radical (unpaired) electrons. The molecule has 0 heterocycles. The van der Waals surface area contributed by atoms with Gasteiger partial charge in [0.05, 0.1) is 35.9 Å². The molecule has 1 unspecified atom stereocenters. The van der Waals surface area contributed by atoms with Crippen LogP contribution in [0.4, 0.5) is 5.69 Å². The van der Waals surface area contributed by atoms with Gasteiger partial charge in [-0.25, -0.2) is 0 Å². The molecule has 0 aromatic heterocycles. The Kier molecular flexibility index (Phi) is 8.67. The van der Waals surface area contributed by atoms with Gasteiger partial charge in [0.2, 0.25) is 0 Å². The lowest BCUT2D eigenvalue weighted by molar-refractivity contribution is -0.147. The highest BCUT2D eigenvalue weighted by Gasteiger charge is 2.18. The third kappa shape index (κ3) is 5.27. The van der Waals surface area contributed by atoms with E-state index in [0.29, 0.717) is 18.0 Å². The Morgan fingerprint density at radius 2 is 2.05 bits per heavy atom. The molecule has 1 aromatic rings. The van der Waals surface area contributed by atoms with Crippen LogP contribution in [0.25, 0.3) is 0 Å². The smallest absolute Gasteiger partial charge is 0.310 e. The molecule has 8 heteroatoms. The van der Waals surface area contributed by atoms with E-state index in [1.165, 1.54) is 19.2 Å². The van der Waals surface area contributed by atoms with Gasteiger partial charge < -0.3 is 20.5 Å². The molecule has 0 bridgehead atoms. The van der Waals surface area contributed by atoms with Gasteiger partial charge in [0.15, 0.2) is 0 Å². The summed E-state index contributed by atoms with van der Waals surface area (Å²) in [7, 11) is 1.43. The normalized spacial score (nSPS) is 11.1.